The number of nitrogen functional groups attached to an aromatic ring is 1. The van der Waals surface area contributed by atoms with Crippen molar-refractivity contribution >= 4 is 11.5 Å². The van der Waals surface area contributed by atoms with Crippen LogP contribution in [0.5, 0.6) is 0 Å². The maximum Gasteiger partial charge on any atom is 0.123 e. The summed E-state index contributed by atoms with van der Waals surface area (Å²) in [4.78, 5) is 6.46. The number of fused-ring (bicyclic) bond motifs is 2. The van der Waals surface area contributed by atoms with E-state index in [1.807, 2.05) is 18.3 Å². The predicted octanol–water partition coefficient (Wildman–Crippen LogP) is 0.641. The molecule has 0 aromatic carbocycles. The van der Waals surface area contributed by atoms with Crippen LogP contribution in [0, 0.1) is 0 Å². The Balaban J connectivity index is 1.86. The number of morpholine rings is 1. The molecule has 0 amide bonds. The first-order valence-corrected chi connectivity index (χ1v) is 4.93. The molecule has 2 aliphatic heterocycles. The van der Waals surface area contributed by atoms with Crippen LogP contribution in [0.1, 0.15) is 6.42 Å². The summed E-state index contributed by atoms with van der Waals surface area (Å²) in [6.07, 6.45) is 3.43. The van der Waals surface area contributed by atoms with Crippen LogP contribution >= 0.6 is 0 Å². The maximum atomic E-state index is 5.55. The number of ether oxygens (including phenoxy) is 1. The van der Waals surface area contributed by atoms with E-state index >= 15 is 0 Å². The van der Waals surface area contributed by atoms with Crippen molar-refractivity contribution in [1.29, 1.82) is 0 Å². The van der Waals surface area contributed by atoms with Gasteiger partial charge in [-0.3, -0.25) is 0 Å². The third-order valence-corrected chi connectivity index (χ3v) is 3.00. The first kappa shape index (κ1) is 8.05. The minimum atomic E-state index is 0.428. The van der Waals surface area contributed by atoms with Gasteiger partial charge in [-0.15, -0.1) is 0 Å². The highest BCUT2D eigenvalue weighted by molar-refractivity contribution is 5.50. The molecule has 2 fully saturated rings. The summed E-state index contributed by atoms with van der Waals surface area (Å²) in [6.45, 7) is 1.85. The van der Waals surface area contributed by atoms with Crippen molar-refractivity contribution in [3.05, 3.63) is 18.3 Å². The number of hydrogen-bond donors (Lipinski definition) is 1. The van der Waals surface area contributed by atoms with Crippen LogP contribution in [0.15, 0.2) is 18.3 Å². The molecule has 1 unspecified atom stereocenters. The Hall–Kier alpha value is -1.29. The van der Waals surface area contributed by atoms with Gasteiger partial charge in [0.25, 0.3) is 0 Å². The van der Waals surface area contributed by atoms with E-state index < -0.39 is 0 Å². The molecule has 2 atom stereocenters. The molecule has 3 heterocycles. The molecule has 1 aromatic heterocycles. The van der Waals surface area contributed by atoms with E-state index in [0.29, 0.717) is 18.0 Å². The van der Waals surface area contributed by atoms with E-state index in [1.165, 1.54) is 0 Å². The fourth-order valence-electron chi connectivity index (χ4n) is 2.28. The zero-order valence-electron chi connectivity index (χ0n) is 7.89. The van der Waals surface area contributed by atoms with Crippen LogP contribution in [0.25, 0.3) is 0 Å². The Morgan fingerprint density at radius 3 is 3.00 bits per heavy atom. The van der Waals surface area contributed by atoms with E-state index in [1.54, 1.807) is 0 Å². The highest BCUT2D eigenvalue weighted by Gasteiger charge is 2.38. The van der Waals surface area contributed by atoms with Crippen molar-refractivity contribution in [2.45, 2.75) is 18.6 Å². The Bertz CT molecular complexity index is 338. The van der Waals surface area contributed by atoms with Gasteiger partial charge in [0.1, 0.15) is 5.82 Å². The van der Waals surface area contributed by atoms with Gasteiger partial charge < -0.3 is 15.4 Å². The van der Waals surface area contributed by atoms with E-state index in [0.717, 1.165) is 25.3 Å². The molecule has 2 saturated heterocycles. The lowest BCUT2D eigenvalue weighted by Gasteiger charge is -2.28. The van der Waals surface area contributed by atoms with Gasteiger partial charge in [-0.2, -0.15) is 0 Å². The SMILES string of the molecule is Nc1ccc(N2CC3C[C@@H]2CO3)cn1. The third-order valence-electron chi connectivity index (χ3n) is 3.00. The molecule has 0 aliphatic carbocycles. The predicted molar refractivity (Wildman–Crippen MR) is 54.1 cm³/mol. The highest BCUT2D eigenvalue weighted by Crippen LogP contribution is 2.31. The first-order valence-electron chi connectivity index (χ1n) is 4.93. The number of aromatic nitrogens is 1. The third kappa shape index (κ3) is 1.14. The largest absolute Gasteiger partial charge is 0.384 e. The normalized spacial score (nSPS) is 29.9. The number of anilines is 2. The number of hydrogen-bond acceptors (Lipinski definition) is 4. The summed E-state index contributed by atoms with van der Waals surface area (Å²) in [5.41, 5.74) is 6.71. The summed E-state index contributed by atoms with van der Waals surface area (Å²) in [6, 6.07) is 4.43. The minimum Gasteiger partial charge on any atom is -0.384 e. The van der Waals surface area contributed by atoms with E-state index in [-0.39, 0.29) is 0 Å². The van der Waals surface area contributed by atoms with Crippen molar-refractivity contribution < 1.29 is 4.74 Å². The lowest BCUT2D eigenvalue weighted by molar-refractivity contribution is 0.0991. The van der Waals surface area contributed by atoms with Gasteiger partial charge in [0.05, 0.1) is 30.6 Å². The van der Waals surface area contributed by atoms with E-state index in [4.69, 9.17) is 10.5 Å². The van der Waals surface area contributed by atoms with Gasteiger partial charge in [0, 0.05) is 6.54 Å². The summed E-state index contributed by atoms with van der Waals surface area (Å²) >= 11 is 0. The van der Waals surface area contributed by atoms with Crippen LogP contribution in [-0.4, -0.2) is 30.3 Å². The molecule has 0 saturated carbocycles. The molecule has 2 aliphatic rings. The average Bonchev–Trinajstić information content (AvgIpc) is 2.80. The van der Waals surface area contributed by atoms with Gasteiger partial charge in [0.2, 0.25) is 0 Å². The van der Waals surface area contributed by atoms with Gasteiger partial charge in [-0.1, -0.05) is 0 Å². The molecule has 1 aromatic rings. The number of nitrogens with two attached hydrogens (primary N) is 1. The maximum absolute atomic E-state index is 5.55. The number of rotatable bonds is 1. The average molecular weight is 191 g/mol. The molecular formula is C10H13N3O. The first-order chi connectivity index (χ1) is 6.83. The van der Waals surface area contributed by atoms with Crippen molar-refractivity contribution in [3.63, 3.8) is 0 Å². The summed E-state index contributed by atoms with van der Waals surface area (Å²) < 4.78 is 5.54. The van der Waals surface area contributed by atoms with Crippen LogP contribution in [0.4, 0.5) is 11.5 Å². The van der Waals surface area contributed by atoms with Crippen molar-refractivity contribution in [2.24, 2.45) is 0 Å². The second-order valence-corrected chi connectivity index (χ2v) is 3.94. The highest BCUT2D eigenvalue weighted by atomic mass is 16.5. The summed E-state index contributed by atoms with van der Waals surface area (Å²) in [5.74, 6) is 0.578. The molecule has 4 nitrogen and oxygen atoms in total. The number of pyridine rings is 1. The fraction of sp³-hybridized carbons (Fsp3) is 0.500. The van der Waals surface area contributed by atoms with Gasteiger partial charge in [0.15, 0.2) is 0 Å². The Morgan fingerprint density at radius 1 is 1.50 bits per heavy atom. The molecular weight excluding hydrogens is 178 g/mol. The van der Waals surface area contributed by atoms with Crippen molar-refractivity contribution in [3.8, 4) is 0 Å². The molecule has 3 rings (SSSR count). The monoisotopic (exact) mass is 191 g/mol. The van der Waals surface area contributed by atoms with Crippen molar-refractivity contribution in [1.82, 2.24) is 4.98 Å². The zero-order valence-corrected chi connectivity index (χ0v) is 7.89. The van der Waals surface area contributed by atoms with Crippen LogP contribution < -0.4 is 10.6 Å². The van der Waals surface area contributed by atoms with Gasteiger partial charge >= 0.3 is 0 Å². The Morgan fingerprint density at radius 2 is 2.43 bits per heavy atom. The zero-order chi connectivity index (χ0) is 9.54. The smallest absolute Gasteiger partial charge is 0.123 e. The fourth-order valence-corrected chi connectivity index (χ4v) is 2.28. The van der Waals surface area contributed by atoms with Crippen LogP contribution in [0.2, 0.25) is 0 Å². The molecule has 14 heavy (non-hydrogen) atoms. The van der Waals surface area contributed by atoms with E-state index in [9.17, 15) is 0 Å². The standard InChI is InChI=1S/C10H13N3O/c11-10-2-1-7(4-12-10)13-5-9-3-8(13)6-14-9/h1-2,4,8-9H,3,5-6H2,(H2,11,12)/t8-,9?/m1/s1. The molecule has 0 spiro atoms. The molecule has 74 valence electrons. The second kappa shape index (κ2) is 2.85. The summed E-state index contributed by atoms with van der Waals surface area (Å²) in [7, 11) is 0. The molecule has 4 heteroatoms. The Kier molecular flexibility index (Phi) is 1.64. The molecule has 2 N–H and O–H groups in total. The second-order valence-electron chi connectivity index (χ2n) is 3.94. The van der Waals surface area contributed by atoms with Crippen LogP contribution in [0.3, 0.4) is 0 Å². The minimum absolute atomic E-state index is 0.428. The number of nitrogens with zero attached hydrogens (tertiary/aromatic N) is 2. The van der Waals surface area contributed by atoms with Gasteiger partial charge in [-0.25, -0.2) is 4.98 Å². The lowest BCUT2D eigenvalue weighted by atomic mass is 10.2. The van der Waals surface area contributed by atoms with Crippen LogP contribution in [-0.2, 0) is 4.74 Å². The molecule has 0 radical (unpaired) electrons. The molecule has 2 bridgehead atoms. The Labute approximate surface area is 82.7 Å². The van der Waals surface area contributed by atoms with E-state index in [2.05, 4.69) is 9.88 Å². The van der Waals surface area contributed by atoms with Gasteiger partial charge in [-0.05, 0) is 18.6 Å². The van der Waals surface area contributed by atoms with Crippen molar-refractivity contribution in [2.75, 3.05) is 23.8 Å². The lowest BCUT2D eigenvalue weighted by Crippen LogP contribution is -2.36. The summed E-state index contributed by atoms with van der Waals surface area (Å²) in [5, 5.41) is 0. The topological polar surface area (TPSA) is 51.4 Å². The quantitative estimate of drug-likeness (QED) is 0.707.